The van der Waals surface area contributed by atoms with E-state index < -0.39 is 0 Å². The number of carbonyl (C=O) groups is 1. The minimum Gasteiger partial charge on any atom is -0.459 e. The summed E-state index contributed by atoms with van der Waals surface area (Å²) in [6.45, 7) is 1.45. The fraction of sp³-hybridized carbons (Fsp3) is 0.154. The number of hydrogen-bond acceptors (Lipinski definition) is 5. The van der Waals surface area contributed by atoms with E-state index in [4.69, 9.17) is 10.5 Å². The molecule has 0 unspecified atom stereocenters. The van der Waals surface area contributed by atoms with E-state index in [2.05, 4.69) is 9.97 Å². The Balaban J connectivity index is 2.17. The van der Waals surface area contributed by atoms with E-state index >= 15 is 0 Å². The predicted octanol–water partition coefficient (Wildman–Crippen LogP) is 1.53. The Morgan fingerprint density at radius 2 is 2.16 bits per heavy atom. The number of para-hydroxylation sites is 2. The van der Waals surface area contributed by atoms with Crippen molar-refractivity contribution in [2.24, 2.45) is 0 Å². The van der Waals surface area contributed by atoms with E-state index in [1.807, 2.05) is 28.7 Å². The summed E-state index contributed by atoms with van der Waals surface area (Å²) in [5, 5.41) is 0. The molecule has 0 saturated carbocycles. The van der Waals surface area contributed by atoms with Gasteiger partial charge in [0.25, 0.3) is 0 Å². The van der Waals surface area contributed by atoms with Gasteiger partial charge in [0.2, 0.25) is 0 Å². The summed E-state index contributed by atoms with van der Waals surface area (Å²) >= 11 is 0. The number of nitrogens with two attached hydrogens (primary N) is 1. The first kappa shape index (κ1) is 11.5. The highest BCUT2D eigenvalue weighted by atomic mass is 16.5. The molecule has 3 aromatic rings. The Kier molecular flexibility index (Phi) is 2.56. The fourth-order valence-electron chi connectivity index (χ4n) is 1.98. The highest BCUT2D eigenvalue weighted by Gasteiger charge is 2.10. The number of anilines is 1. The van der Waals surface area contributed by atoms with Gasteiger partial charge in [-0.15, -0.1) is 0 Å². The molecular formula is C13H12N4O2. The van der Waals surface area contributed by atoms with Crippen LogP contribution in [0.25, 0.3) is 16.7 Å². The van der Waals surface area contributed by atoms with Gasteiger partial charge >= 0.3 is 5.97 Å². The van der Waals surface area contributed by atoms with Gasteiger partial charge in [0.1, 0.15) is 6.61 Å². The van der Waals surface area contributed by atoms with Gasteiger partial charge in [-0.3, -0.25) is 9.20 Å². The summed E-state index contributed by atoms with van der Waals surface area (Å²) in [5.41, 5.74) is 8.87. The maximum Gasteiger partial charge on any atom is 0.303 e. The van der Waals surface area contributed by atoms with Crippen molar-refractivity contribution in [2.45, 2.75) is 13.5 Å². The van der Waals surface area contributed by atoms with Crippen LogP contribution in [0, 0.1) is 0 Å². The smallest absolute Gasteiger partial charge is 0.303 e. The zero-order valence-electron chi connectivity index (χ0n) is 10.3. The van der Waals surface area contributed by atoms with Crippen molar-refractivity contribution in [1.29, 1.82) is 0 Å². The Morgan fingerprint density at radius 1 is 1.37 bits per heavy atom. The molecule has 0 aliphatic rings. The van der Waals surface area contributed by atoms with Crippen molar-refractivity contribution in [2.75, 3.05) is 5.73 Å². The van der Waals surface area contributed by atoms with E-state index in [9.17, 15) is 4.79 Å². The van der Waals surface area contributed by atoms with Crippen LogP contribution < -0.4 is 5.73 Å². The number of benzene rings is 1. The highest BCUT2D eigenvalue weighted by Crippen LogP contribution is 2.20. The number of imidazole rings is 1. The minimum atomic E-state index is -0.351. The molecule has 6 nitrogen and oxygen atoms in total. The first-order valence-corrected chi connectivity index (χ1v) is 5.81. The first-order valence-electron chi connectivity index (χ1n) is 5.81. The maximum atomic E-state index is 10.8. The Labute approximate surface area is 108 Å². The average Bonchev–Trinajstić information content (AvgIpc) is 2.76. The third kappa shape index (κ3) is 1.97. The van der Waals surface area contributed by atoms with Gasteiger partial charge in [-0.25, -0.2) is 9.97 Å². The largest absolute Gasteiger partial charge is 0.459 e. The number of esters is 1. The monoisotopic (exact) mass is 256 g/mol. The second kappa shape index (κ2) is 4.24. The molecule has 96 valence electrons. The van der Waals surface area contributed by atoms with Crippen LogP contribution in [-0.2, 0) is 16.1 Å². The molecule has 0 spiro atoms. The molecule has 2 heterocycles. The van der Waals surface area contributed by atoms with E-state index in [1.165, 1.54) is 6.92 Å². The molecule has 0 saturated heterocycles. The van der Waals surface area contributed by atoms with Gasteiger partial charge in [0.15, 0.2) is 11.5 Å². The summed E-state index contributed by atoms with van der Waals surface area (Å²) in [6.07, 6.45) is 1.78. The summed E-state index contributed by atoms with van der Waals surface area (Å²) in [5.74, 6) is -0.0307. The molecule has 19 heavy (non-hydrogen) atoms. The zero-order valence-corrected chi connectivity index (χ0v) is 10.3. The number of nitrogens with zero attached hydrogens (tertiary/aromatic N) is 3. The van der Waals surface area contributed by atoms with Gasteiger partial charge in [-0.1, -0.05) is 12.1 Å². The first-order chi connectivity index (χ1) is 9.15. The standard InChI is InChI=1S/C13H12N4O2/c1-8(18)19-7-9-6-17-11-5-3-2-4-10(11)16-13(17)12(14)15-9/h2-6H,7H2,1H3,(H2,14,15). The van der Waals surface area contributed by atoms with Crippen LogP contribution in [0.3, 0.4) is 0 Å². The Bertz CT molecular complexity index is 779. The highest BCUT2D eigenvalue weighted by molar-refractivity contribution is 5.83. The quantitative estimate of drug-likeness (QED) is 0.703. The molecule has 2 N–H and O–H groups in total. The van der Waals surface area contributed by atoms with Gasteiger partial charge in [0.05, 0.1) is 16.7 Å². The molecule has 0 amide bonds. The van der Waals surface area contributed by atoms with Crippen molar-refractivity contribution >= 4 is 28.5 Å². The lowest BCUT2D eigenvalue weighted by atomic mass is 10.3. The molecular weight excluding hydrogens is 244 g/mol. The van der Waals surface area contributed by atoms with Crippen LogP contribution >= 0.6 is 0 Å². The van der Waals surface area contributed by atoms with E-state index in [0.717, 1.165) is 11.0 Å². The normalized spacial score (nSPS) is 11.0. The minimum absolute atomic E-state index is 0.0992. The second-order valence-electron chi connectivity index (χ2n) is 4.19. The van der Waals surface area contributed by atoms with E-state index in [-0.39, 0.29) is 12.6 Å². The lowest BCUT2D eigenvalue weighted by Crippen LogP contribution is -2.05. The number of fused-ring (bicyclic) bond motifs is 3. The van der Waals surface area contributed by atoms with E-state index in [1.54, 1.807) is 6.20 Å². The molecule has 0 aliphatic heterocycles. The fourth-order valence-corrected chi connectivity index (χ4v) is 1.98. The topological polar surface area (TPSA) is 82.5 Å². The Morgan fingerprint density at radius 3 is 2.95 bits per heavy atom. The van der Waals surface area contributed by atoms with Gasteiger partial charge in [-0.2, -0.15) is 0 Å². The Hall–Kier alpha value is -2.63. The van der Waals surface area contributed by atoms with Crippen LogP contribution in [0.2, 0.25) is 0 Å². The number of ether oxygens (including phenoxy) is 1. The average molecular weight is 256 g/mol. The van der Waals surface area contributed by atoms with Crippen molar-refractivity contribution in [1.82, 2.24) is 14.4 Å². The summed E-state index contributed by atoms with van der Waals surface area (Å²) in [4.78, 5) is 19.4. The van der Waals surface area contributed by atoms with Gasteiger partial charge < -0.3 is 10.5 Å². The van der Waals surface area contributed by atoms with Crippen molar-refractivity contribution in [3.05, 3.63) is 36.2 Å². The predicted molar refractivity (Wildman–Crippen MR) is 70.4 cm³/mol. The van der Waals surface area contributed by atoms with Crippen LogP contribution in [0.4, 0.5) is 5.82 Å². The van der Waals surface area contributed by atoms with E-state index in [0.29, 0.717) is 17.2 Å². The molecule has 6 heteroatoms. The third-order valence-electron chi connectivity index (χ3n) is 2.79. The van der Waals surface area contributed by atoms with Crippen molar-refractivity contribution in [3.63, 3.8) is 0 Å². The molecule has 0 bridgehead atoms. The number of nitrogen functional groups attached to an aromatic ring is 1. The van der Waals surface area contributed by atoms with Crippen LogP contribution in [0.5, 0.6) is 0 Å². The van der Waals surface area contributed by atoms with Crippen LogP contribution in [-0.4, -0.2) is 20.3 Å². The number of hydrogen-bond donors (Lipinski definition) is 1. The van der Waals surface area contributed by atoms with Crippen LogP contribution in [0.1, 0.15) is 12.6 Å². The lowest BCUT2D eigenvalue weighted by molar-refractivity contribution is -0.142. The molecule has 3 rings (SSSR count). The van der Waals surface area contributed by atoms with Crippen molar-refractivity contribution < 1.29 is 9.53 Å². The molecule has 0 fully saturated rings. The summed E-state index contributed by atoms with van der Waals surface area (Å²) < 4.78 is 6.79. The van der Waals surface area contributed by atoms with Crippen molar-refractivity contribution in [3.8, 4) is 0 Å². The molecule has 1 aromatic carbocycles. The molecule has 0 atom stereocenters. The zero-order chi connectivity index (χ0) is 13.4. The lowest BCUT2D eigenvalue weighted by Gasteiger charge is -2.04. The second-order valence-corrected chi connectivity index (χ2v) is 4.19. The third-order valence-corrected chi connectivity index (χ3v) is 2.79. The molecule has 2 aromatic heterocycles. The number of aromatic nitrogens is 3. The SMILES string of the molecule is CC(=O)OCc1cn2c(nc3ccccc32)c(N)n1. The maximum absolute atomic E-state index is 10.8. The van der Waals surface area contributed by atoms with Gasteiger partial charge in [-0.05, 0) is 12.1 Å². The summed E-state index contributed by atoms with van der Waals surface area (Å²) in [6, 6.07) is 7.70. The molecule has 0 radical (unpaired) electrons. The van der Waals surface area contributed by atoms with Crippen LogP contribution in [0.15, 0.2) is 30.5 Å². The van der Waals surface area contributed by atoms with Gasteiger partial charge in [0, 0.05) is 13.1 Å². The number of carbonyl (C=O) groups excluding carboxylic acids is 1. The number of rotatable bonds is 2. The molecule has 0 aliphatic carbocycles. The summed E-state index contributed by atoms with van der Waals surface area (Å²) in [7, 11) is 0.